The van der Waals surface area contributed by atoms with Crippen molar-refractivity contribution in [1.29, 1.82) is 0 Å². The van der Waals surface area contributed by atoms with Crippen LogP contribution in [0.5, 0.6) is 0 Å². The van der Waals surface area contributed by atoms with Gasteiger partial charge in [-0.1, -0.05) is 113 Å². The van der Waals surface area contributed by atoms with Crippen molar-refractivity contribution >= 4 is 110 Å². The molecule has 1 aliphatic carbocycles. The van der Waals surface area contributed by atoms with Crippen molar-refractivity contribution in [3.63, 3.8) is 0 Å². The van der Waals surface area contributed by atoms with Gasteiger partial charge < -0.3 is 13.8 Å². The van der Waals surface area contributed by atoms with Crippen molar-refractivity contribution in [2.24, 2.45) is 0 Å². The number of rotatable bonds is 1. The molecule has 0 radical (unpaired) electrons. The molecule has 3 aliphatic rings. The van der Waals surface area contributed by atoms with Crippen LogP contribution in [0.1, 0.15) is 57.2 Å². The maximum atomic E-state index is 6.74. The van der Waals surface area contributed by atoms with Gasteiger partial charge >= 0.3 is 6.85 Å². The summed E-state index contributed by atoms with van der Waals surface area (Å²) in [4.78, 5) is 4.00. The second-order valence-corrected chi connectivity index (χ2v) is 19.0. The number of furan rings is 1. The van der Waals surface area contributed by atoms with Gasteiger partial charge in [0, 0.05) is 59.5 Å². The second kappa shape index (κ2) is 10.3. The quantitative estimate of drug-likeness (QED) is 0.156. The van der Waals surface area contributed by atoms with E-state index in [1.54, 1.807) is 0 Å². The van der Waals surface area contributed by atoms with E-state index in [9.17, 15) is 0 Å². The molecule has 0 atom stereocenters. The third kappa shape index (κ3) is 3.80. The summed E-state index contributed by atoms with van der Waals surface area (Å²) < 4.78 is 10.8. The predicted molar refractivity (Wildman–Crippen MR) is 240 cm³/mol. The summed E-state index contributed by atoms with van der Waals surface area (Å²) >= 11 is 1.93. The summed E-state index contributed by atoms with van der Waals surface area (Å²) in [6.45, 7) is 12.1. The molecule has 13 rings (SSSR count). The molecular weight excluding hydrogens is 699 g/mol. The molecule has 0 fully saturated rings. The predicted octanol–water partition coefficient (Wildman–Crippen LogP) is 13.1. The minimum absolute atomic E-state index is 0.0512. The fraction of sp³-hybridized carbons (Fsp3) is 0.176. The van der Waals surface area contributed by atoms with Crippen molar-refractivity contribution in [1.82, 2.24) is 4.48 Å². The highest BCUT2D eigenvalue weighted by molar-refractivity contribution is 7.26. The zero-order valence-electron chi connectivity index (χ0n) is 32.2. The maximum Gasteiger partial charge on any atom is 0.333 e. The Morgan fingerprint density at radius 3 is 2.18 bits per heavy atom. The number of hydrogen-bond donors (Lipinski definition) is 0. The zero-order chi connectivity index (χ0) is 37.4. The first-order valence-electron chi connectivity index (χ1n) is 20.1. The third-order valence-corrected chi connectivity index (χ3v) is 15.1. The normalized spacial score (nSPS) is 16.4. The van der Waals surface area contributed by atoms with E-state index in [2.05, 4.69) is 165 Å². The molecule has 56 heavy (non-hydrogen) atoms. The molecular formula is C51H39BN2OS. The Morgan fingerprint density at radius 1 is 0.625 bits per heavy atom. The van der Waals surface area contributed by atoms with E-state index in [1.807, 2.05) is 11.3 Å². The topological polar surface area (TPSA) is 21.3 Å². The second-order valence-electron chi connectivity index (χ2n) is 18.0. The first kappa shape index (κ1) is 31.4. The van der Waals surface area contributed by atoms with Crippen molar-refractivity contribution < 1.29 is 4.42 Å². The molecule has 3 aromatic heterocycles. The summed E-state index contributed by atoms with van der Waals surface area (Å²) in [6, 6.07) is 46.0. The number of anilines is 3. The van der Waals surface area contributed by atoms with E-state index in [-0.39, 0.29) is 17.7 Å². The maximum absolute atomic E-state index is 6.74. The lowest BCUT2D eigenvalue weighted by Crippen LogP contribution is -2.56. The smallest absolute Gasteiger partial charge is 0.333 e. The first-order valence-corrected chi connectivity index (χ1v) is 20.9. The fourth-order valence-electron chi connectivity index (χ4n) is 11.1. The van der Waals surface area contributed by atoms with Gasteiger partial charge in [-0.3, -0.25) is 0 Å². The molecule has 2 aliphatic heterocycles. The Morgan fingerprint density at radius 2 is 1.34 bits per heavy atom. The van der Waals surface area contributed by atoms with E-state index >= 15 is 0 Å². The Kier molecular flexibility index (Phi) is 5.80. The number of aryl methyl sites for hydroxylation is 1. The number of fused-ring (bicyclic) bond motifs is 15. The van der Waals surface area contributed by atoms with Gasteiger partial charge in [0.2, 0.25) is 0 Å². The summed E-state index contributed by atoms with van der Waals surface area (Å²) in [6.07, 6.45) is 2.37. The van der Waals surface area contributed by atoms with Crippen LogP contribution in [0, 0.1) is 6.92 Å². The van der Waals surface area contributed by atoms with Crippen LogP contribution >= 0.6 is 11.3 Å². The van der Waals surface area contributed by atoms with Crippen molar-refractivity contribution in [2.45, 2.75) is 58.3 Å². The van der Waals surface area contributed by atoms with Crippen LogP contribution in [-0.2, 0) is 10.8 Å². The summed E-state index contributed by atoms with van der Waals surface area (Å²) in [5.74, 6) is 0. The van der Waals surface area contributed by atoms with E-state index in [0.717, 1.165) is 21.9 Å². The lowest BCUT2D eigenvalue weighted by atomic mass is 9.45. The highest BCUT2D eigenvalue weighted by atomic mass is 32.1. The molecule has 5 heterocycles. The lowest BCUT2D eigenvalue weighted by Gasteiger charge is -2.45. The fourth-order valence-corrected chi connectivity index (χ4v) is 12.3. The SMILES string of the molecule is Cc1cc2c(cc1N1c3cc4c(cc3B3c5c(cc6ccccc6c51)-c1cccc5c6c7ccccc7sc6n3c15)oc1ccccc14)C(C)(C)CCC2(C)C. The molecule has 5 heteroatoms. The van der Waals surface area contributed by atoms with Gasteiger partial charge in [-0.2, -0.15) is 0 Å². The van der Waals surface area contributed by atoms with E-state index in [4.69, 9.17) is 4.42 Å². The monoisotopic (exact) mass is 738 g/mol. The van der Waals surface area contributed by atoms with E-state index in [0.29, 0.717) is 0 Å². The van der Waals surface area contributed by atoms with Crippen LogP contribution in [0.15, 0.2) is 126 Å². The lowest BCUT2D eigenvalue weighted by molar-refractivity contribution is 0.332. The Labute approximate surface area is 329 Å². The third-order valence-electron chi connectivity index (χ3n) is 13.9. The standard InChI is InChI=1S/C51H39BN2OS/c1-28-23-37-38(51(4,5)22-21-50(37,2)3)26-40(28)53-41-25-35-31-15-8-10-19-42(31)55-43(35)27-39(41)52-46-36(24-29-13-6-7-14-30(29)48(46)53)32-17-12-18-34-45-33-16-9-11-20-44(33)56-49(45)54(52)47(32)34/h6-20,23-27H,21-22H2,1-5H3. The van der Waals surface area contributed by atoms with Crippen LogP contribution in [0.4, 0.5) is 17.1 Å². The van der Waals surface area contributed by atoms with Gasteiger partial charge in [-0.15, -0.1) is 11.3 Å². The Bertz CT molecular complexity index is 3410. The van der Waals surface area contributed by atoms with Gasteiger partial charge in [-0.05, 0) is 106 Å². The van der Waals surface area contributed by atoms with Crippen LogP contribution in [0.3, 0.4) is 0 Å². The minimum atomic E-state index is -0.0512. The number of hydrogen-bond acceptors (Lipinski definition) is 3. The van der Waals surface area contributed by atoms with Crippen LogP contribution in [0.25, 0.3) is 75.0 Å². The molecule has 10 aromatic rings. The van der Waals surface area contributed by atoms with Crippen molar-refractivity contribution in [3.8, 4) is 11.1 Å². The molecule has 0 saturated heterocycles. The van der Waals surface area contributed by atoms with Crippen LogP contribution in [0.2, 0.25) is 0 Å². The van der Waals surface area contributed by atoms with Gasteiger partial charge in [-0.25, -0.2) is 0 Å². The first-order chi connectivity index (χ1) is 27.2. The van der Waals surface area contributed by atoms with Crippen LogP contribution in [-0.4, -0.2) is 11.3 Å². The van der Waals surface area contributed by atoms with Gasteiger partial charge in [0.15, 0.2) is 0 Å². The average Bonchev–Trinajstić information content (AvgIpc) is 3.87. The Hall–Kier alpha value is -5.78. The summed E-state index contributed by atoms with van der Waals surface area (Å²) in [5.41, 5.74) is 16.8. The van der Waals surface area contributed by atoms with Gasteiger partial charge in [0.1, 0.15) is 11.2 Å². The number of aromatic nitrogens is 1. The van der Waals surface area contributed by atoms with Crippen molar-refractivity contribution in [2.75, 3.05) is 4.90 Å². The van der Waals surface area contributed by atoms with E-state index in [1.165, 1.54) is 111 Å². The molecule has 3 nitrogen and oxygen atoms in total. The highest BCUT2D eigenvalue weighted by Crippen LogP contribution is 2.53. The molecule has 0 spiro atoms. The average molecular weight is 739 g/mol. The number of thiophene rings is 1. The minimum Gasteiger partial charge on any atom is -0.456 e. The summed E-state index contributed by atoms with van der Waals surface area (Å²) in [5, 5.41) is 8.90. The largest absolute Gasteiger partial charge is 0.456 e. The highest BCUT2D eigenvalue weighted by Gasteiger charge is 2.46. The molecule has 7 aromatic carbocycles. The van der Waals surface area contributed by atoms with Crippen molar-refractivity contribution in [3.05, 3.63) is 138 Å². The summed E-state index contributed by atoms with van der Waals surface area (Å²) in [7, 11) is 0. The number of para-hydroxylation sites is 2. The Balaban J connectivity index is 1.24. The zero-order valence-corrected chi connectivity index (χ0v) is 33.1. The molecule has 0 amide bonds. The van der Waals surface area contributed by atoms with E-state index < -0.39 is 0 Å². The van der Waals surface area contributed by atoms with Gasteiger partial charge in [0.25, 0.3) is 0 Å². The number of nitrogens with zero attached hydrogens (tertiary/aromatic N) is 2. The van der Waals surface area contributed by atoms with Gasteiger partial charge in [0.05, 0.1) is 10.5 Å². The van der Waals surface area contributed by atoms with Crippen LogP contribution < -0.4 is 15.8 Å². The number of benzene rings is 7. The molecule has 0 saturated carbocycles. The molecule has 0 N–H and O–H groups in total. The molecule has 0 unspecified atom stereocenters. The molecule has 0 bridgehead atoms. The molecule has 268 valence electrons.